The lowest BCUT2D eigenvalue weighted by Crippen LogP contribution is -2.24. The minimum absolute atomic E-state index is 0.0889. The van der Waals surface area contributed by atoms with E-state index in [0.29, 0.717) is 17.4 Å². The number of nitrogens with one attached hydrogen (secondary N) is 1. The van der Waals surface area contributed by atoms with Crippen molar-refractivity contribution in [2.24, 2.45) is 0 Å². The molecule has 0 saturated carbocycles. The molecule has 8 heteroatoms. The number of nitrogens with two attached hydrogens (primary N) is 1. The summed E-state index contributed by atoms with van der Waals surface area (Å²) in [7, 11) is 0. The zero-order valence-corrected chi connectivity index (χ0v) is 10.2. The van der Waals surface area contributed by atoms with Gasteiger partial charge in [0, 0.05) is 6.92 Å². The highest BCUT2D eigenvalue weighted by molar-refractivity contribution is 6.32. The van der Waals surface area contributed by atoms with E-state index in [1.807, 2.05) is 0 Å². The monoisotopic (exact) mass is 267 g/mol. The molecule has 2 rings (SSSR count). The maximum Gasteiger partial charge on any atom is 0.254 e. The number of carbonyl (C=O) groups is 1. The molecular formula is C10H10ClN5O2. The smallest absolute Gasteiger partial charge is 0.254 e. The van der Waals surface area contributed by atoms with Gasteiger partial charge in [-0.2, -0.15) is 4.98 Å². The number of carbonyl (C=O) groups excluding carboxylic acids is 1. The van der Waals surface area contributed by atoms with Crippen LogP contribution in [0.4, 0.5) is 5.69 Å². The molecule has 2 heterocycles. The summed E-state index contributed by atoms with van der Waals surface area (Å²) in [5.41, 5.74) is 6.10. The van der Waals surface area contributed by atoms with Crippen molar-refractivity contribution in [1.82, 2.24) is 20.4 Å². The van der Waals surface area contributed by atoms with Crippen LogP contribution in [0.1, 0.15) is 22.1 Å². The van der Waals surface area contributed by atoms with Crippen molar-refractivity contribution in [2.45, 2.75) is 13.5 Å². The highest BCUT2D eigenvalue weighted by atomic mass is 35.5. The average molecular weight is 268 g/mol. The van der Waals surface area contributed by atoms with Crippen LogP contribution in [-0.2, 0) is 6.54 Å². The van der Waals surface area contributed by atoms with Crippen LogP contribution < -0.4 is 11.1 Å². The van der Waals surface area contributed by atoms with Crippen LogP contribution in [0.15, 0.2) is 16.8 Å². The van der Waals surface area contributed by atoms with Gasteiger partial charge < -0.3 is 15.6 Å². The fourth-order valence-electron chi connectivity index (χ4n) is 1.29. The van der Waals surface area contributed by atoms with Gasteiger partial charge in [-0.05, 0) is 6.07 Å². The van der Waals surface area contributed by atoms with Crippen LogP contribution in [-0.4, -0.2) is 21.0 Å². The molecule has 0 aliphatic heterocycles. The van der Waals surface area contributed by atoms with Crippen LogP contribution >= 0.6 is 11.6 Å². The maximum atomic E-state index is 11.8. The van der Waals surface area contributed by atoms with Crippen LogP contribution in [0.5, 0.6) is 0 Å². The molecule has 0 aliphatic carbocycles. The molecule has 1 amide bonds. The third kappa shape index (κ3) is 2.75. The van der Waals surface area contributed by atoms with Gasteiger partial charge in [-0.3, -0.25) is 4.79 Å². The van der Waals surface area contributed by atoms with E-state index in [0.717, 1.165) is 0 Å². The Labute approximate surface area is 107 Å². The Balaban J connectivity index is 2.05. The molecule has 0 saturated heterocycles. The molecule has 0 fully saturated rings. The molecule has 0 aromatic carbocycles. The number of halogens is 1. The van der Waals surface area contributed by atoms with Crippen LogP contribution in [0.25, 0.3) is 0 Å². The predicted molar refractivity (Wildman–Crippen MR) is 63.9 cm³/mol. The van der Waals surface area contributed by atoms with Crippen LogP contribution in [0.2, 0.25) is 5.15 Å². The van der Waals surface area contributed by atoms with E-state index in [2.05, 4.69) is 20.4 Å². The number of aryl methyl sites for hydroxylation is 1. The second kappa shape index (κ2) is 5.01. The summed E-state index contributed by atoms with van der Waals surface area (Å²) in [5, 5.41) is 6.33. The first kappa shape index (κ1) is 12.3. The molecule has 2 aromatic heterocycles. The Morgan fingerprint density at radius 3 is 3.06 bits per heavy atom. The summed E-state index contributed by atoms with van der Waals surface area (Å²) < 4.78 is 4.77. The molecule has 7 nitrogen and oxygen atoms in total. The number of rotatable bonds is 3. The molecule has 2 aromatic rings. The summed E-state index contributed by atoms with van der Waals surface area (Å²) in [5.74, 6) is 0.416. The van der Waals surface area contributed by atoms with Crippen molar-refractivity contribution in [1.29, 1.82) is 0 Å². The van der Waals surface area contributed by atoms with Gasteiger partial charge in [0.1, 0.15) is 5.15 Å². The summed E-state index contributed by atoms with van der Waals surface area (Å²) in [6.45, 7) is 1.80. The number of nitrogens with zero attached hydrogens (tertiary/aromatic N) is 3. The van der Waals surface area contributed by atoms with Crippen LogP contribution in [0.3, 0.4) is 0 Å². The fraction of sp³-hybridized carbons (Fsp3) is 0.200. The number of nitrogen functional groups attached to an aromatic ring is 1. The summed E-state index contributed by atoms with van der Waals surface area (Å²) >= 11 is 5.80. The van der Waals surface area contributed by atoms with Crippen molar-refractivity contribution >= 4 is 23.2 Å². The van der Waals surface area contributed by atoms with E-state index in [9.17, 15) is 4.79 Å². The lowest BCUT2D eigenvalue weighted by atomic mass is 10.2. The minimum Gasteiger partial charge on any atom is -0.397 e. The second-order valence-corrected chi connectivity index (χ2v) is 3.88. The van der Waals surface area contributed by atoms with Crippen molar-refractivity contribution in [2.75, 3.05) is 5.73 Å². The number of amides is 1. The van der Waals surface area contributed by atoms with E-state index >= 15 is 0 Å². The molecule has 94 valence electrons. The van der Waals surface area contributed by atoms with E-state index < -0.39 is 5.91 Å². The highest BCUT2D eigenvalue weighted by Crippen LogP contribution is 2.15. The molecule has 18 heavy (non-hydrogen) atoms. The topological polar surface area (TPSA) is 107 Å². The summed E-state index contributed by atoms with van der Waals surface area (Å²) in [6, 6.07) is 1.45. The molecule has 0 aliphatic rings. The Kier molecular flexibility index (Phi) is 3.42. The summed E-state index contributed by atoms with van der Waals surface area (Å²) in [6.07, 6.45) is 1.38. The third-order valence-electron chi connectivity index (χ3n) is 2.08. The van der Waals surface area contributed by atoms with Gasteiger partial charge in [-0.15, -0.1) is 0 Å². The van der Waals surface area contributed by atoms with Crippen molar-refractivity contribution < 1.29 is 9.32 Å². The Hall–Kier alpha value is -2.15. The van der Waals surface area contributed by atoms with Crippen molar-refractivity contribution in [3.63, 3.8) is 0 Å². The van der Waals surface area contributed by atoms with Gasteiger partial charge >= 0.3 is 0 Å². The first-order chi connectivity index (χ1) is 8.56. The normalized spacial score (nSPS) is 10.3. The Morgan fingerprint density at radius 2 is 2.39 bits per heavy atom. The largest absolute Gasteiger partial charge is 0.397 e. The SMILES string of the molecule is Cc1nc(CNC(=O)c2cc(N)cnc2Cl)no1. The predicted octanol–water partition coefficient (Wildman–Crippen LogP) is 0.939. The maximum absolute atomic E-state index is 11.8. The van der Waals surface area contributed by atoms with Crippen molar-refractivity contribution in [3.8, 4) is 0 Å². The molecule has 0 bridgehead atoms. The molecule has 3 N–H and O–H groups in total. The highest BCUT2D eigenvalue weighted by Gasteiger charge is 2.12. The Bertz CT molecular complexity index is 583. The standard InChI is InChI=1S/C10H10ClN5O2/c1-5-15-8(16-18-5)4-14-10(17)7-2-6(12)3-13-9(7)11/h2-3H,4,12H2,1H3,(H,14,17). The number of aromatic nitrogens is 3. The van der Waals surface area contributed by atoms with Gasteiger partial charge in [0.15, 0.2) is 5.82 Å². The van der Waals surface area contributed by atoms with Gasteiger partial charge in [0.2, 0.25) is 5.89 Å². The van der Waals surface area contributed by atoms with Gasteiger partial charge in [0.05, 0.1) is 24.0 Å². The van der Waals surface area contributed by atoms with Crippen molar-refractivity contribution in [3.05, 3.63) is 34.7 Å². The zero-order valence-electron chi connectivity index (χ0n) is 9.48. The molecule has 0 atom stereocenters. The molecule has 0 unspecified atom stereocenters. The molecular weight excluding hydrogens is 258 g/mol. The van der Waals surface area contributed by atoms with E-state index in [1.54, 1.807) is 6.92 Å². The quantitative estimate of drug-likeness (QED) is 0.802. The molecule has 0 radical (unpaired) electrons. The summed E-state index contributed by atoms with van der Waals surface area (Å²) in [4.78, 5) is 19.6. The van der Waals surface area contributed by atoms with Crippen LogP contribution in [0, 0.1) is 6.92 Å². The number of hydrogen-bond acceptors (Lipinski definition) is 6. The zero-order chi connectivity index (χ0) is 13.1. The first-order valence-corrected chi connectivity index (χ1v) is 5.42. The second-order valence-electron chi connectivity index (χ2n) is 3.52. The lowest BCUT2D eigenvalue weighted by molar-refractivity contribution is 0.0949. The van der Waals surface area contributed by atoms with Gasteiger partial charge in [0.25, 0.3) is 5.91 Å². The number of anilines is 1. The fourth-order valence-corrected chi connectivity index (χ4v) is 1.48. The third-order valence-corrected chi connectivity index (χ3v) is 2.38. The van der Waals surface area contributed by atoms with E-state index in [1.165, 1.54) is 12.3 Å². The first-order valence-electron chi connectivity index (χ1n) is 5.04. The van der Waals surface area contributed by atoms with E-state index in [-0.39, 0.29) is 17.3 Å². The van der Waals surface area contributed by atoms with E-state index in [4.69, 9.17) is 21.9 Å². The van der Waals surface area contributed by atoms with Gasteiger partial charge in [-0.25, -0.2) is 4.98 Å². The Morgan fingerprint density at radius 1 is 1.61 bits per heavy atom. The van der Waals surface area contributed by atoms with Gasteiger partial charge in [-0.1, -0.05) is 16.8 Å². The number of hydrogen-bond donors (Lipinski definition) is 2. The molecule has 0 spiro atoms. The average Bonchev–Trinajstić information content (AvgIpc) is 2.75. The minimum atomic E-state index is -0.401. The lowest BCUT2D eigenvalue weighted by Gasteiger charge is -2.04. The number of pyridine rings is 1.